The number of aromatic nitrogens is 2. The molecule has 132 valence electrons. The molecule has 2 heterocycles. The number of carbonyl (C=O) groups is 2. The molecular weight excluding hydrogens is 322 g/mol. The predicted octanol–water partition coefficient (Wildman–Crippen LogP) is 1.74. The second kappa shape index (κ2) is 6.68. The molecule has 1 aromatic heterocycles. The van der Waals surface area contributed by atoms with Crippen LogP contribution in [0.3, 0.4) is 0 Å². The van der Waals surface area contributed by atoms with Gasteiger partial charge >= 0.3 is 5.97 Å². The number of rotatable bonds is 5. The van der Waals surface area contributed by atoms with Crippen LogP contribution in [0.5, 0.6) is 0 Å². The minimum Gasteiger partial charge on any atom is -0.481 e. The Morgan fingerprint density at radius 3 is 2.80 bits per heavy atom. The van der Waals surface area contributed by atoms with Gasteiger partial charge < -0.3 is 14.7 Å². The molecule has 3 rings (SSSR count). The third kappa shape index (κ3) is 3.15. The van der Waals surface area contributed by atoms with E-state index in [0.717, 1.165) is 11.3 Å². The highest BCUT2D eigenvalue weighted by molar-refractivity contribution is 5.94. The van der Waals surface area contributed by atoms with Gasteiger partial charge in [-0.15, -0.1) is 0 Å². The van der Waals surface area contributed by atoms with Crippen molar-refractivity contribution in [1.29, 1.82) is 0 Å². The van der Waals surface area contributed by atoms with Crippen LogP contribution in [0.25, 0.3) is 5.69 Å². The van der Waals surface area contributed by atoms with Gasteiger partial charge in [-0.25, -0.2) is 4.68 Å². The van der Waals surface area contributed by atoms with Crippen LogP contribution in [0.2, 0.25) is 0 Å². The van der Waals surface area contributed by atoms with Crippen LogP contribution in [-0.2, 0) is 9.53 Å². The summed E-state index contributed by atoms with van der Waals surface area (Å²) in [7, 11) is 1.47. The minimum absolute atomic E-state index is 0.0919. The molecule has 25 heavy (non-hydrogen) atoms. The van der Waals surface area contributed by atoms with Crippen molar-refractivity contribution >= 4 is 11.9 Å². The number of hydrogen-bond acceptors (Lipinski definition) is 4. The molecule has 1 N–H and O–H groups in total. The Bertz CT molecular complexity index is 801. The monoisotopic (exact) mass is 343 g/mol. The molecule has 0 bridgehead atoms. The van der Waals surface area contributed by atoms with E-state index in [1.54, 1.807) is 15.8 Å². The largest absolute Gasteiger partial charge is 0.481 e. The predicted molar refractivity (Wildman–Crippen MR) is 90.8 cm³/mol. The molecular formula is C18H21N3O4. The van der Waals surface area contributed by atoms with E-state index in [2.05, 4.69) is 5.10 Å². The summed E-state index contributed by atoms with van der Waals surface area (Å²) in [5.41, 5.74) is 1.37. The zero-order chi connectivity index (χ0) is 18.0. The highest BCUT2D eigenvalue weighted by atomic mass is 16.5. The van der Waals surface area contributed by atoms with Crippen LogP contribution in [-0.4, -0.2) is 58.5 Å². The van der Waals surface area contributed by atoms with Crippen molar-refractivity contribution in [3.63, 3.8) is 0 Å². The first kappa shape index (κ1) is 17.2. The zero-order valence-electron chi connectivity index (χ0n) is 14.3. The number of nitrogens with zero attached hydrogens (tertiary/aromatic N) is 3. The van der Waals surface area contributed by atoms with E-state index >= 15 is 0 Å². The number of hydrogen-bond donors (Lipinski definition) is 1. The number of aryl methyl sites for hydroxylation is 1. The number of amides is 1. The number of aliphatic carboxylic acids is 1. The van der Waals surface area contributed by atoms with Gasteiger partial charge in [0.2, 0.25) is 0 Å². The molecule has 0 saturated carbocycles. The van der Waals surface area contributed by atoms with Crippen LogP contribution in [0, 0.1) is 12.3 Å². The first-order chi connectivity index (χ1) is 12.0. The van der Waals surface area contributed by atoms with Gasteiger partial charge in [-0.3, -0.25) is 9.59 Å². The van der Waals surface area contributed by atoms with Crippen LogP contribution < -0.4 is 0 Å². The fourth-order valence-electron chi connectivity index (χ4n) is 3.24. The summed E-state index contributed by atoms with van der Waals surface area (Å²) in [6, 6.07) is 7.77. The van der Waals surface area contributed by atoms with E-state index in [9.17, 15) is 14.7 Å². The van der Waals surface area contributed by atoms with Crippen molar-refractivity contribution in [1.82, 2.24) is 14.7 Å². The van der Waals surface area contributed by atoms with Crippen LogP contribution >= 0.6 is 0 Å². The molecule has 1 unspecified atom stereocenters. The third-order valence-electron chi connectivity index (χ3n) is 4.71. The molecule has 1 amide bonds. The van der Waals surface area contributed by atoms with E-state index in [0.29, 0.717) is 18.5 Å². The van der Waals surface area contributed by atoms with Crippen molar-refractivity contribution in [3.05, 3.63) is 47.8 Å². The SMILES string of the molecule is COCC1(C(=O)O)CCN(C(=O)c2cnn(-c3ccccc3C)c2)C1. The van der Waals surface area contributed by atoms with Crippen molar-refractivity contribution < 1.29 is 19.4 Å². The van der Waals surface area contributed by atoms with E-state index < -0.39 is 11.4 Å². The lowest BCUT2D eigenvalue weighted by Crippen LogP contribution is -2.40. The number of benzene rings is 1. The van der Waals surface area contributed by atoms with Gasteiger partial charge in [0, 0.05) is 26.4 Å². The van der Waals surface area contributed by atoms with Gasteiger partial charge in [0.05, 0.1) is 24.1 Å². The van der Waals surface area contributed by atoms with Gasteiger partial charge in [0.15, 0.2) is 0 Å². The van der Waals surface area contributed by atoms with Crippen LogP contribution in [0.4, 0.5) is 0 Å². The number of likely N-dealkylation sites (tertiary alicyclic amines) is 1. The Morgan fingerprint density at radius 2 is 2.12 bits per heavy atom. The quantitative estimate of drug-likeness (QED) is 0.894. The Hall–Kier alpha value is -2.67. The summed E-state index contributed by atoms with van der Waals surface area (Å²) in [5, 5.41) is 13.8. The van der Waals surface area contributed by atoms with E-state index in [1.807, 2.05) is 31.2 Å². The third-order valence-corrected chi connectivity index (χ3v) is 4.71. The Labute approximate surface area is 145 Å². The lowest BCUT2D eigenvalue weighted by molar-refractivity contribution is -0.151. The zero-order valence-corrected chi connectivity index (χ0v) is 14.3. The highest BCUT2D eigenvalue weighted by Gasteiger charge is 2.46. The van der Waals surface area contributed by atoms with Crippen molar-refractivity contribution in [2.24, 2.45) is 5.41 Å². The normalized spacial score (nSPS) is 20.0. The summed E-state index contributed by atoms with van der Waals surface area (Å²) >= 11 is 0. The number of carboxylic acid groups (broad SMARTS) is 1. The molecule has 1 aliphatic heterocycles. The van der Waals surface area contributed by atoms with Gasteiger partial charge in [-0.2, -0.15) is 5.10 Å². The van der Waals surface area contributed by atoms with Crippen molar-refractivity contribution in [2.45, 2.75) is 13.3 Å². The first-order valence-corrected chi connectivity index (χ1v) is 8.09. The van der Waals surface area contributed by atoms with Crippen molar-refractivity contribution in [3.8, 4) is 5.69 Å². The molecule has 1 aromatic carbocycles. The smallest absolute Gasteiger partial charge is 0.313 e. The molecule has 1 fully saturated rings. The number of carboxylic acids is 1. The van der Waals surface area contributed by atoms with E-state index in [4.69, 9.17) is 4.74 Å². The van der Waals surface area contributed by atoms with Gasteiger partial charge in [-0.05, 0) is 25.0 Å². The summed E-state index contributed by atoms with van der Waals surface area (Å²) in [6.45, 7) is 2.61. The Morgan fingerprint density at radius 1 is 1.36 bits per heavy atom. The van der Waals surface area contributed by atoms with Gasteiger partial charge in [-0.1, -0.05) is 18.2 Å². The molecule has 1 atom stereocenters. The molecule has 2 aromatic rings. The minimum atomic E-state index is -1.03. The number of ether oxygens (including phenoxy) is 1. The fourth-order valence-corrected chi connectivity index (χ4v) is 3.24. The highest BCUT2D eigenvalue weighted by Crippen LogP contribution is 2.32. The Balaban J connectivity index is 1.79. The van der Waals surface area contributed by atoms with Crippen LogP contribution in [0.1, 0.15) is 22.3 Å². The summed E-state index contributed by atoms with van der Waals surface area (Å²) in [6.07, 6.45) is 3.58. The Kier molecular flexibility index (Phi) is 4.59. The van der Waals surface area contributed by atoms with E-state index in [1.165, 1.54) is 13.3 Å². The van der Waals surface area contributed by atoms with E-state index in [-0.39, 0.29) is 19.1 Å². The topological polar surface area (TPSA) is 84.7 Å². The van der Waals surface area contributed by atoms with Crippen LogP contribution in [0.15, 0.2) is 36.7 Å². The lowest BCUT2D eigenvalue weighted by Gasteiger charge is -2.23. The average Bonchev–Trinajstić information content (AvgIpc) is 3.23. The maximum atomic E-state index is 12.7. The van der Waals surface area contributed by atoms with Crippen molar-refractivity contribution in [2.75, 3.05) is 26.8 Å². The first-order valence-electron chi connectivity index (χ1n) is 8.09. The second-order valence-electron chi connectivity index (χ2n) is 6.46. The molecule has 1 aliphatic rings. The lowest BCUT2D eigenvalue weighted by atomic mass is 9.88. The number of methoxy groups -OCH3 is 1. The summed E-state index contributed by atoms with van der Waals surface area (Å²) in [4.78, 5) is 25.9. The molecule has 7 heteroatoms. The molecule has 1 saturated heterocycles. The van der Waals surface area contributed by atoms with Gasteiger partial charge in [0.1, 0.15) is 5.41 Å². The molecule has 0 spiro atoms. The standard InChI is InChI=1S/C18H21N3O4/c1-13-5-3-4-6-15(13)21-10-14(9-19-21)16(22)20-8-7-18(11-20,12-25-2)17(23)24/h3-6,9-10H,7-8,11-12H2,1-2H3,(H,23,24). The maximum absolute atomic E-state index is 12.7. The number of carbonyl (C=O) groups excluding carboxylic acids is 1. The maximum Gasteiger partial charge on any atom is 0.313 e. The summed E-state index contributed by atoms with van der Waals surface area (Å²) < 4.78 is 6.73. The number of para-hydroxylation sites is 1. The molecule has 7 nitrogen and oxygen atoms in total. The van der Waals surface area contributed by atoms with Gasteiger partial charge in [0.25, 0.3) is 5.91 Å². The summed E-state index contributed by atoms with van der Waals surface area (Å²) in [5.74, 6) is -1.14. The second-order valence-corrected chi connectivity index (χ2v) is 6.46. The molecule has 0 radical (unpaired) electrons. The molecule has 0 aliphatic carbocycles. The average molecular weight is 343 g/mol. The fraction of sp³-hybridized carbons (Fsp3) is 0.389.